The van der Waals surface area contributed by atoms with Crippen molar-refractivity contribution in [2.45, 2.75) is 10.9 Å². The van der Waals surface area contributed by atoms with Gasteiger partial charge >= 0.3 is 0 Å². The molecule has 5 nitrogen and oxygen atoms in total. The Morgan fingerprint density at radius 3 is 3.00 bits per heavy atom. The number of H-pyrrole nitrogens is 1. The molecular formula is C14H14N4OS. The van der Waals surface area contributed by atoms with Crippen molar-refractivity contribution in [3.63, 3.8) is 0 Å². The molecule has 6 heteroatoms. The fourth-order valence-electron chi connectivity index (χ4n) is 1.92. The Hall–Kier alpha value is -2.21. The van der Waals surface area contributed by atoms with E-state index in [1.165, 1.54) is 0 Å². The van der Waals surface area contributed by atoms with Gasteiger partial charge in [-0.25, -0.2) is 9.97 Å². The number of anilines is 1. The second-order valence-corrected chi connectivity index (χ2v) is 5.24. The molecule has 0 spiro atoms. The average Bonchev–Trinajstić information content (AvgIpc) is 2.97. The minimum Gasteiger partial charge on any atom is -0.497 e. The zero-order valence-electron chi connectivity index (χ0n) is 11.0. The van der Waals surface area contributed by atoms with Crippen molar-refractivity contribution >= 4 is 28.5 Å². The van der Waals surface area contributed by atoms with E-state index in [1.807, 2.05) is 18.2 Å². The molecular weight excluding hydrogens is 272 g/mol. The van der Waals surface area contributed by atoms with Crippen molar-refractivity contribution in [3.8, 4) is 5.75 Å². The van der Waals surface area contributed by atoms with Gasteiger partial charge in [0.05, 0.1) is 12.6 Å². The molecule has 0 aliphatic heterocycles. The van der Waals surface area contributed by atoms with E-state index in [9.17, 15) is 0 Å². The summed E-state index contributed by atoms with van der Waals surface area (Å²) in [5.74, 6) is 2.06. The number of benzene rings is 1. The van der Waals surface area contributed by atoms with Crippen LogP contribution in [-0.2, 0) is 5.75 Å². The molecule has 0 aliphatic rings. The van der Waals surface area contributed by atoms with Crippen LogP contribution in [0, 0.1) is 0 Å². The zero-order valence-corrected chi connectivity index (χ0v) is 11.8. The third kappa shape index (κ3) is 2.55. The number of hydrogen-bond acceptors (Lipinski definition) is 5. The molecule has 2 aromatic heterocycles. The van der Waals surface area contributed by atoms with Gasteiger partial charge in [-0.05, 0) is 18.2 Å². The van der Waals surface area contributed by atoms with Crippen LogP contribution in [0.2, 0.25) is 0 Å². The molecule has 0 amide bonds. The Morgan fingerprint density at radius 2 is 2.25 bits per heavy atom. The molecule has 0 radical (unpaired) electrons. The second-order valence-electron chi connectivity index (χ2n) is 4.27. The van der Waals surface area contributed by atoms with Crippen LogP contribution in [0.5, 0.6) is 5.75 Å². The number of rotatable bonds is 4. The monoisotopic (exact) mass is 286 g/mol. The molecule has 20 heavy (non-hydrogen) atoms. The van der Waals surface area contributed by atoms with Crippen molar-refractivity contribution in [2.75, 3.05) is 12.8 Å². The van der Waals surface area contributed by atoms with Gasteiger partial charge in [0.2, 0.25) is 0 Å². The molecule has 0 fully saturated rings. The lowest BCUT2D eigenvalue weighted by Crippen LogP contribution is -1.97. The quantitative estimate of drug-likeness (QED) is 0.721. The summed E-state index contributed by atoms with van der Waals surface area (Å²) in [6.07, 6.45) is 3.53. The number of methoxy groups -OCH3 is 1. The Labute approximate surface area is 120 Å². The summed E-state index contributed by atoms with van der Waals surface area (Å²) >= 11 is 1.60. The van der Waals surface area contributed by atoms with E-state index in [-0.39, 0.29) is 0 Å². The number of nitrogens with zero attached hydrogens (tertiary/aromatic N) is 2. The molecule has 0 atom stereocenters. The van der Waals surface area contributed by atoms with Crippen molar-refractivity contribution in [3.05, 3.63) is 42.2 Å². The van der Waals surface area contributed by atoms with Gasteiger partial charge in [0.1, 0.15) is 11.6 Å². The van der Waals surface area contributed by atoms with Crippen LogP contribution in [0.4, 0.5) is 5.82 Å². The molecule has 0 saturated carbocycles. The van der Waals surface area contributed by atoms with Gasteiger partial charge in [-0.1, -0.05) is 11.8 Å². The molecule has 0 bridgehead atoms. The molecule has 1 aromatic carbocycles. The van der Waals surface area contributed by atoms with Gasteiger partial charge in [0, 0.05) is 35.2 Å². The van der Waals surface area contributed by atoms with Gasteiger partial charge in [0.15, 0.2) is 5.16 Å². The van der Waals surface area contributed by atoms with Gasteiger partial charge in [0.25, 0.3) is 0 Å². The summed E-state index contributed by atoms with van der Waals surface area (Å²) in [5.41, 5.74) is 7.87. The van der Waals surface area contributed by atoms with Crippen LogP contribution in [0.15, 0.2) is 41.8 Å². The molecule has 2 heterocycles. The van der Waals surface area contributed by atoms with Crippen LogP contribution in [-0.4, -0.2) is 22.1 Å². The number of nitrogen functional groups attached to an aromatic ring is 1. The summed E-state index contributed by atoms with van der Waals surface area (Å²) in [7, 11) is 1.64. The highest BCUT2D eigenvalue weighted by Crippen LogP contribution is 2.27. The van der Waals surface area contributed by atoms with E-state index in [4.69, 9.17) is 10.5 Å². The lowest BCUT2D eigenvalue weighted by Gasteiger charge is -2.07. The highest BCUT2D eigenvalue weighted by molar-refractivity contribution is 7.98. The fourth-order valence-corrected chi connectivity index (χ4v) is 2.73. The topological polar surface area (TPSA) is 76.8 Å². The van der Waals surface area contributed by atoms with E-state index < -0.39 is 0 Å². The van der Waals surface area contributed by atoms with Crippen molar-refractivity contribution in [2.24, 2.45) is 0 Å². The minimum atomic E-state index is 0.546. The maximum Gasteiger partial charge on any atom is 0.165 e. The van der Waals surface area contributed by atoms with Crippen LogP contribution in [0.25, 0.3) is 10.9 Å². The minimum absolute atomic E-state index is 0.546. The third-order valence-corrected chi connectivity index (χ3v) is 3.93. The predicted octanol–water partition coefficient (Wildman–Crippen LogP) is 2.84. The average molecular weight is 286 g/mol. The highest BCUT2D eigenvalue weighted by atomic mass is 32.2. The van der Waals surface area contributed by atoms with E-state index >= 15 is 0 Å². The number of thioether (sulfide) groups is 1. The van der Waals surface area contributed by atoms with Crippen molar-refractivity contribution in [1.82, 2.24) is 15.0 Å². The Morgan fingerprint density at radius 1 is 1.35 bits per heavy atom. The number of pyridine rings is 1. The summed E-state index contributed by atoms with van der Waals surface area (Å²) < 4.78 is 5.19. The predicted molar refractivity (Wildman–Crippen MR) is 80.9 cm³/mol. The summed E-state index contributed by atoms with van der Waals surface area (Å²) in [5, 5.41) is 1.93. The Balaban J connectivity index is 1.89. The number of fused-ring (bicyclic) bond motifs is 1. The summed E-state index contributed by atoms with van der Waals surface area (Å²) in [4.78, 5) is 11.7. The van der Waals surface area contributed by atoms with Crippen LogP contribution >= 0.6 is 11.8 Å². The first-order valence-corrected chi connectivity index (χ1v) is 7.10. The van der Waals surface area contributed by atoms with Gasteiger partial charge in [-0.2, -0.15) is 0 Å². The number of hydrogen-bond donors (Lipinski definition) is 2. The molecule has 102 valence electrons. The van der Waals surface area contributed by atoms with Crippen LogP contribution in [0.3, 0.4) is 0 Å². The van der Waals surface area contributed by atoms with Crippen LogP contribution in [0.1, 0.15) is 5.56 Å². The molecule has 0 unspecified atom stereocenters. The maximum absolute atomic E-state index is 6.02. The summed E-state index contributed by atoms with van der Waals surface area (Å²) in [6.45, 7) is 0. The standard InChI is InChI=1S/C14H14N4OS/c1-19-11-3-2-9-6-10(13(15)18-12(9)7-11)8-20-14-16-4-5-17-14/h2-7H,8H2,1H3,(H2,15,18)(H,16,17). The van der Waals surface area contributed by atoms with E-state index in [2.05, 4.69) is 21.0 Å². The number of nitrogens with two attached hydrogens (primary N) is 1. The van der Waals surface area contributed by atoms with E-state index in [0.29, 0.717) is 5.82 Å². The largest absolute Gasteiger partial charge is 0.497 e. The first-order chi connectivity index (χ1) is 9.76. The number of ether oxygens (including phenoxy) is 1. The molecule has 3 aromatic rings. The lowest BCUT2D eigenvalue weighted by atomic mass is 10.1. The molecule has 3 N–H and O–H groups in total. The Bertz CT molecular complexity index is 727. The molecule has 3 rings (SSSR count). The van der Waals surface area contributed by atoms with E-state index in [0.717, 1.165) is 33.1 Å². The molecule has 0 aliphatic carbocycles. The number of aromatic nitrogens is 3. The third-order valence-electron chi connectivity index (χ3n) is 2.97. The Kier molecular flexibility index (Phi) is 3.47. The van der Waals surface area contributed by atoms with Gasteiger partial charge in [-0.3, -0.25) is 0 Å². The number of imidazole rings is 1. The normalized spacial score (nSPS) is 10.8. The second kappa shape index (κ2) is 5.42. The highest BCUT2D eigenvalue weighted by Gasteiger charge is 2.07. The van der Waals surface area contributed by atoms with Gasteiger partial charge in [-0.15, -0.1) is 0 Å². The zero-order chi connectivity index (χ0) is 13.9. The first-order valence-electron chi connectivity index (χ1n) is 6.11. The number of aromatic amines is 1. The number of nitrogens with one attached hydrogen (secondary N) is 1. The fraction of sp³-hybridized carbons (Fsp3) is 0.143. The summed E-state index contributed by atoms with van der Waals surface area (Å²) in [6, 6.07) is 7.85. The SMILES string of the molecule is COc1ccc2cc(CSc3ncc[nH]3)c(N)nc2c1. The first kappa shape index (κ1) is 12.8. The lowest BCUT2D eigenvalue weighted by molar-refractivity contribution is 0.415. The smallest absolute Gasteiger partial charge is 0.165 e. The molecule has 0 saturated heterocycles. The van der Waals surface area contributed by atoms with Crippen LogP contribution < -0.4 is 10.5 Å². The van der Waals surface area contributed by atoms with Crippen molar-refractivity contribution in [1.29, 1.82) is 0 Å². The van der Waals surface area contributed by atoms with Crippen molar-refractivity contribution < 1.29 is 4.74 Å². The maximum atomic E-state index is 6.02. The van der Waals surface area contributed by atoms with E-state index in [1.54, 1.807) is 31.3 Å². The van der Waals surface area contributed by atoms with Gasteiger partial charge < -0.3 is 15.5 Å².